The van der Waals surface area contributed by atoms with Crippen molar-refractivity contribution in [1.29, 1.82) is 0 Å². The van der Waals surface area contributed by atoms with E-state index in [2.05, 4.69) is 9.98 Å². The molecule has 0 bridgehead atoms. The van der Waals surface area contributed by atoms with Gasteiger partial charge in [-0.05, 0) is 49.2 Å². The molecule has 0 radical (unpaired) electrons. The van der Waals surface area contributed by atoms with Crippen LogP contribution in [0.15, 0.2) is 46.4 Å². The van der Waals surface area contributed by atoms with E-state index in [4.69, 9.17) is 23.2 Å². The van der Waals surface area contributed by atoms with Crippen molar-refractivity contribution >= 4 is 35.6 Å². The number of hydrogen-bond donors (Lipinski definition) is 2. The van der Waals surface area contributed by atoms with Crippen LogP contribution < -0.4 is 0 Å². The predicted molar refractivity (Wildman–Crippen MR) is 107 cm³/mol. The molecule has 2 aromatic rings. The standard InChI is InChI=1S/C20H20Cl2N2O2/c21-15-5-7-19(25)13(9-15)11-23-17-3-1-2-4-18(17)24-12-14-10-16(22)6-8-20(14)26/h5-12,17-18,25-26H,1-4H2/t17-,18-/m0/s1. The van der Waals surface area contributed by atoms with Crippen molar-refractivity contribution in [2.45, 2.75) is 37.8 Å². The maximum absolute atomic E-state index is 9.92. The van der Waals surface area contributed by atoms with Crippen LogP contribution in [0.2, 0.25) is 10.0 Å². The molecule has 0 heterocycles. The highest BCUT2D eigenvalue weighted by atomic mass is 35.5. The second-order valence-electron chi connectivity index (χ2n) is 6.38. The maximum Gasteiger partial charge on any atom is 0.124 e. The van der Waals surface area contributed by atoms with Crippen molar-refractivity contribution in [2.75, 3.05) is 0 Å². The molecule has 1 fully saturated rings. The Bertz CT molecular complexity index is 767. The number of aliphatic imine (C=N–C) groups is 2. The molecule has 1 aliphatic rings. The zero-order valence-electron chi connectivity index (χ0n) is 14.1. The van der Waals surface area contributed by atoms with Crippen molar-refractivity contribution in [3.63, 3.8) is 0 Å². The van der Waals surface area contributed by atoms with E-state index >= 15 is 0 Å². The fourth-order valence-electron chi connectivity index (χ4n) is 3.05. The van der Waals surface area contributed by atoms with E-state index in [-0.39, 0.29) is 23.6 Å². The van der Waals surface area contributed by atoms with Gasteiger partial charge in [0.15, 0.2) is 0 Å². The quantitative estimate of drug-likeness (QED) is 0.699. The van der Waals surface area contributed by atoms with Crippen LogP contribution in [-0.4, -0.2) is 34.7 Å². The van der Waals surface area contributed by atoms with Gasteiger partial charge in [0.05, 0.1) is 12.1 Å². The van der Waals surface area contributed by atoms with E-state index in [1.807, 2.05) is 0 Å². The molecule has 0 aromatic heterocycles. The van der Waals surface area contributed by atoms with Gasteiger partial charge < -0.3 is 10.2 Å². The number of aromatic hydroxyl groups is 2. The molecule has 3 rings (SSSR count). The molecule has 0 amide bonds. The Labute approximate surface area is 162 Å². The third-order valence-corrected chi connectivity index (χ3v) is 4.95. The fourth-order valence-corrected chi connectivity index (χ4v) is 3.41. The normalized spacial score (nSPS) is 20.8. The van der Waals surface area contributed by atoms with Crippen LogP contribution in [0.4, 0.5) is 0 Å². The summed E-state index contributed by atoms with van der Waals surface area (Å²) in [5.41, 5.74) is 1.19. The van der Waals surface area contributed by atoms with Crippen LogP contribution in [0.1, 0.15) is 36.8 Å². The second-order valence-corrected chi connectivity index (χ2v) is 7.25. The molecule has 4 nitrogen and oxygen atoms in total. The Morgan fingerprint density at radius 3 is 1.62 bits per heavy atom. The minimum absolute atomic E-state index is 0.0275. The highest BCUT2D eigenvalue weighted by Gasteiger charge is 2.23. The first-order valence-electron chi connectivity index (χ1n) is 8.56. The summed E-state index contributed by atoms with van der Waals surface area (Å²) >= 11 is 12.0. The summed E-state index contributed by atoms with van der Waals surface area (Å²) in [5, 5.41) is 20.9. The Hall–Kier alpha value is -2.04. The lowest BCUT2D eigenvalue weighted by molar-refractivity contribution is 0.390. The summed E-state index contributed by atoms with van der Waals surface area (Å²) in [6, 6.07) is 9.82. The van der Waals surface area contributed by atoms with E-state index in [0.29, 0.717) is 21.2 Å². The van der Waals surface area contributed by atoms with E-state index in [0.717, 1.165) is 25.7 Å². The molecule has 2 atom stereocenters. The zero-order chi connectivity index (χ0) is 18.5. The van der Waals surface area contributed by atoms with E-state index in [9.17, 15) is 10.2 Å². The van der Waals surface area contributed by atoms with Crippen LogP contribution >= 0.6 is 23.2 Å². The Morgan fingerprint density at radius 2 is 1.19 bits per heavy atom. The topological polar surface area (TPSA) is 65.2 Å². The molecule has 1 aliphatic carbocycles. The number of rotatable bonds is 4. The van der Waals surface area contributed by atoms with E-state index < -0.39 is 0 Å². The number of halogens is 2. The third kappa shape index (κ3) is 4.77. The largest absolute Gasteiger partial charge is 0.507 e. The van der Waals surface area contributed by atoms with Crippen molar-refractivity contribution in [3.05, 3.63) is 57.6 Å². The summed E-state index contributed by atoms with van der Waals surface area (Å²) in [6.45, 7) is 0. The molecular weight excluding hydrogens is 371 g/mol. The fraction of sp³-hybridized carbons (Fsp3) is 0.300. The molecule has 0 saturated heterocycles. The van der Waals surface area contributed by atoms with Gasteiger partial charge in [0, 0.05) is 33.6 Å². The van der Waals surface area contributed by atoms with Gasteiger partial charge in [-0.25, -0.2) is 0 Å². The first-order valence-corrected chi connectivity index (χ1v) is 9.32. The molecule has 0 unspecified atom stereocenters. The van der Waals surface area contributed by atoms with Crippen LogP contribution in [0.3, 0.4) is 0 Å². The number of benzene rings is 2. The van der Waals surface area contributed by atoms with Gasteiger partial charge in [-0.15, -0.1) is 0 Å². The summed E-state index contributed by atoms with van der Waals surface area (Å²) in [6.07, 6.45) is 7.38. The first kappa shape index (κ1) is 18.7. The maximum atomic E-state index is 9.92. The van der Waals surface area contributed by atoms with Crippen molar-refractivity contribution in [2.24, 2.45) is 9.98 Å². The Balaban J connectivity index is 1.77. The van der Waals surface area contributed by atoms with Crippen molar-refractivity contribution < 1.29 is 10.2 Å². The van der Waals surface area contributed by atoms with Crippen LogP contribution in [-0.2, 0) is 0 Å². The molecular formula is C20H20Cl2N2O2. The third-order valence-electron chi connectivity index (χ3n) is 4.48. The summed E-state index contributed by atoms with van der Waals surface area (Å²) in [7, 11) is 0. The minimum atomic E-state index is 0.0275. The molecule has 2 aromatic carbocycles. The Kier molecular flexibility index (Phi) is 6.17. The average Bonchev–Trinajstić information content (AvgIpc) is 2.64. The number of phenols is 2. The monoisotopic (exact) mass is 390 g/mol. The molecule has 26 heavy (non-hydrogen) atoms. The van der Waals surface area contributed by atoms with Gasteiger partial charge in [-0.3, -0.25) is 9.98 Å². The molecule has 2 N–H and O–H groups in total. The molecule has 136 valence electrons. The average molecular weight is 391 g/mol. The van der Waals surface area contributed by atoms with Gasteiger partial charge in [-0.1, -0.05) is 36.0 Å². The second kappa shape index (κ2) is 8.56. The minimum Gasteiger partial charge on any atom is -0.507 e. The SMILES string of the molecule is Oc1ccc(Cl)cc1C=N[C@H]1CCCC[C@@H]1N=Cc1cc(Cl)ccc1O. The van der Waals surface area contributed by atoms with E-state index in [1.54, 1.807) is 48.8 Å². The van der Waals surface area contributed by atoms with Crippen molar-refractivity contribution in [1.82, 2.24) is 0 Å². The summed E-state index contributed by atoms with van der Waals surface area (Å²) in [5.74, 6) is 0.302. The highest BCUT2D eigenvalue weighted by Crippen LogP contribution is 2.26. The number of hydrogen-bond acceptors (Lipinski definition) is 4. The lowest BCUT2D eigenvalue weighted by atomic mass is 9.91. The van der Waals surface area contributed by atoms with Gasteiger partial charge in [0.2, 0.25) is 0 Å². The molecule has 0 spiro atoms. The Morgan fingerprint density at radius 1 is 0.769 bits per heavy atom. The molecule has 0 aliphatic heterocycles. The molecule has 6 heteroatoms. The number of nitrogens with zero attached hydrogens (tertiary/aromatic N) is 2. The number of phenolic OH excluding ortho intramolecular Hbond substituents is 2. The van der Waals surface area contributed by atoms with Gasteiger partial charge in [0.1, 0.15) is 11.5 Å². The smallest absolute Gasteiger partial charge is 0.124 e. The lowest BCUT2D eigenvalue weighted by Crippen LogP contribution is -2.27. The predicted octanol–water partition coefficient (Wildman–Crippen LogP) is 5.25. The van der Waals surface area contributed by atoms with E-state index in [1.165, 1.54) is 0 Å². The van der Waals surface area contributed by atoms with Crippen LogP contribution in [0.5, 0.6) is 11.5 Å². The lowest BCUT2D eigenvalue weighted by Gasteiger charge is -2.25. The van der Waals surface area contributed by atoms with Crippen molar-refractivity contribution in [3.8, 4) is 11.5 Å². The summed E-state index contributed by atoms with van der Waals surface area (Å²) in [4.78, 5) is 9.29. The zero-order valence-corrected chi connectivity index (χ0v) is 15.7. The van der Waals surface area contributed by atoms with Gasteiger partial charge in [-0.2, -0.15) is 0 Å². The van der Waals surface area contributed by atoms with Crippen LogP contribution in [0.25, 0.3) is 0 Å². The van der Waals surface area contributed by atoms with Crippen LogP contribution in [0, 0.1) is 0 Å². The van der Waals surface area contributed by atoms with Gasteiger partial charge in [0.25, 0.3) is 0 Å². The highest BCUT2D eigenvalue weighted by molar-refractivity contribution is 6.31. The summed E-state index contributed by atoms with van der Waals surface area (Å²) < 4.78 is 0. The first-order chi connectivity index (χ1) is 12.5. The van der Waals surface area contributed by atoms with Gasteiger partial charge >= 0.3 is 0 Å². The molecule has 1 saturated carbocycles.